The zero-order chi connectivity index (χ0) is 16.5. The van der Waals surface area contributed by atoms with Crippen molar-refractivity contribution in [2.45, 2.75) is 37.2 Å². The molecule has 1 aromatic carbocycles. The van der Waals surface area contributed by atoms with Gasteiger partial charge in [0, 0.05) is 24.3 Å². The summed E-state index contributed by atoms with van der Waals surface area (Å²) in [6.45, 7) is 2.73. The van der Waals surface area contributed by atoms with Crippen LogP contribution >= 0.6 is 11.8 Å². The van der Waals surface area contributed by atoms with Gasteiger partial charge in [-0.1, -0.05) is 24.3 Å². The summed E-state index contributed by atoms with van der Waals surface area (Å²) < 4.78 is 0. The third-order valence-corrected chi connectivity index (χ3v) is 6.13. The maximum absolute atomic E-state index is 11.9. The van der Waals surface area contributed by atoms with Crippen molar-refractivity contribution in [3.8, 4) is 0 Å². The molecule has 126 valence electrons. The Bertz CT molecular complexity index is 590. The van der Waals surface area contributed by atoms with Crippen molar-refractivity contribution >= 4 is 17.8 Å². The van der Waals surface area contributed by atoms with Crippen LogP contribution < -0.4 is 10.6 Å². The van der Waals surface area contributed by atoms with Crippen LogP contribution in [0.5, 0.6) is 0 Å². The number of amides is 2. The van der Waals surface area contributed by atoms with E-state index in [4.69, 9.17) is 0 Å². The van der Waals surface area contributed by atoms with Gasteiger partial charge in [0.1, 0.15) is 0 Å². The number of benzene rings is 1. The molecule has 3 N–H and O–H groups in total. The number of thioether (sulfide) groups is 1. The minimum Gasteiger partial charge on any atom is -0.387 e. The molecule has 3 rings (SSSR count). The Morgan fingerprint density at radius 1 is 1.43 bits per heavy atom. The highest BCUT2D eigenvalue weighted by atomic mass is 32.2. The largest absolute Gasteiger partial charge is 0.387 e. The van der Waals surface area contributed by atoms with E-state index in [0.29, 0.717) is 23.6 Å². The van der Waals surface area contributed by atoms with E-state index in [1.54, 1.807) is 18.7 Å². The third-order valence-electron chi connectivity index (χ3n) is 5.22. The molecule has 0 bridgehead atoms. The quantitative estimate of drug-likeness (QED) is 0.748. The van der Waals surface area contributed by atoms with E-state index >= 15 is 0 Å². The molecule has 4 nitrogen and oxygen atoms in total. The van der Waals surface area contributed by atoms with E-state index in [-0.39, 0.29) is 12.6 Å². The number of rotatable bonds is 6. The Balaban J connectivity index is 1.45. The van der Waals surface area contributed by atoms with Crippen molar-refractivity contribution in [1.82, 2.24) is 10.6 Å². The number of fused-ring (bicyclic) bond motifs is 2. The summed E-state index contributed by atoms with van der Waals surface area (Å²) in [6.07, 6.45) is 5.49. The molecule has 0 saturated heterocycles. The van der Waals surface area contributed by atoms with Crippen molar-refractivity contribution in [2.75, 3.05) is 25.1 Å². The van der Waals surface area contributed by atoms with Gasteiger partial charge in [0.25, 0.3) is 0 Å². The lowest BCUT2D eigenvalue weighted by molar-refractivity contribution is 0.0869. The van der Waals surface area contributed by atoms with Crippen molar-refractivity contribution < 1.29 is 9.90 Å². The van der Waals surface area contributed by atoms with Gasteiger partial charge in [-0.05, 0) is 49.5 Å². The van der Waals surface area contributed by atoms with E-state index in [1.807, 2.05) is 6.26 Å². The van der Waals surface area contributed by atoms with Crippen molar-refractivity contribution in [3.63, 3.8) is 0 Å². The lowest BCUT2D eigenvalue weighted by atomic mass is 9.95. The minimum atomic E-state index is -0.859. The van der Waals surface area contributed by atoms with Crippen LogP contribution in [-0.2, 0) is 11.8 Å². The zero-order valence-corrected chi connectivity index (χ0v) is 14.7. The lowest BCUT2D eigenvalue weighted by Crippen LogP contribution is -2.46. The van der Waals surface area contributed by atoms with Gasteiger partial charge in [-0.25, -0.2) is 4.79 Å². The van der Waals surface area contributed by atoms with E-state index in [2.05, 4.69) is 34.9 Å². The number of aliphatic hydroxyl groups is 1. The molecule has 5 heteroatoms. The first kappa shape index (κ1) is 16.7. The van der Waals surface area contributed by atoms with Crippen molar-refractivity contribution in [1.29, 1.82) is 0 Å². The van der Waals surface area contributed by atoms with Gasteiger partial charge in [0.15, 0.2) is 0 Å². The Morgan fingerprint density at radius 2 is 2.22 bits per heavy atom. The first-order valence-corrected chi connectivity index (χ1v) is 9.68. The monoisotopic (exact) mass is 334 g/mol. The summed E-state index contributed by atoms with van der Waals surface area (Å²) >= 11 is 1.57. The number of hydrogen-bond donors (Lipinski definition) is 3. The first-order chi connectivity index (χ1) is 11.0. The molecule has 1 fully saturated rings. The SMILES string of the molecule is CSC[C@](C)(O)CNC(=O)NC[C@@H]1C[C@@]12CCc1ccccc12. The van der Waals surface area contributed by atoms with Gasteiger partial charge in [-0.3, -0.25) is 0 Å². The third kappa shape index (κ3) is 3.50. The average Bonchev–Trinajstić information content (AvgIpc) is 3.11. The summed E-state index contributed by atoms with van der Waals surface area (Å²) in [5.41, 5.74) is 2.43. The zero-order valence-electron chi connectivity index (χ0n) is 13.9. The fraction of sp³-hybridized carbons (Fsp3) is 0.611. The van der Waals surface area contributed by atoms with Crippen molar-refractivity contribution in [3.05, 3.63) is 35.4 Å². The molecule has 1 spiro atoms. The van der Waals surface area contributed by atoms with Crippen LogP contribution in [-0.4, -0.2) is 41.8 Å². The van der Waals surface area contributed by atoms with Gasteiger partial charge in [0.2, 0.25) is 0 Å². The second-order valence-corrected chi connectivity index (χ2v) is 8.07. The molecule has 0 unspecified atom stereocenters. The van der Waals surface area contributed by atoms with Crippen LogP contribution in [0.15, 0.2) is 24.3 Å². The topological polar surface area (TPSA) is 61.4 Å². The molecule has 2 aliphatic rings. The van der Waals surface area contributed by atoms with Gasteiger partial charge >= 0.3 is 6.03 Å². The Kier molecular flexibility index (Phi) is 4.61. The Labute approximate surface area is 142 Å². The summed E-state index contributed by atoms with van der Waals surface area (Å²) in [6, 6.07) is 8.53. The van der Waals surface area contributed by atoms with Gasteiger partial charge in [0.05, 0.1) is 5.60 Å². The highest BCUT2D eigenvalue weighted by Crippen LogP contribution is 2.61. The molecule has 3 atom stereocenters. The second-order valence-electron chi connectivity index (χ2n) is 7.21. The number of aryl methyl sites for hydroxylation is 1. The predicted molar refractivity (Wildman–Crippen MR) is 95.0 cm³/mol. The molecule has 0 heterocycles. The molecule has 2 amide bonds. The predicted octanol–water partition coefficient (Wildman–Crippen LogP) is 2.30. The average molecular weight is 334 g/mol. The highest BCUT2D eigenvalue weighted by Gasteiger charge is 2.57. The molecular formula is C18H26N2O2S. The van der Waals surface area contributed by atoms with Crippen LogP contribution in [0.1, 0.15) is 30.9 Å². The smallest absolute Gasteiger partial charge is 0.314 e. The number of carbonyl (C=O) groups is 1. The van der Waals surface area contributed by atoms with E-state index < -0.39 is 5.60 Å². The Morgan fingerprint density at radius 3 is 3.00 bits per heavy atom. The lowest BCUT2D eigenvalue weighted by Gasteiger charge is -2.22. The number of nitrogens with one attached hydrogen (secondary N) is 2. The maximum Gasteiger partial charge on any atom is 0.314 e. The van der Waals surface area contributed by atoms with Crippen LogP contribution in [0.25, 0.3) is 0 Å². The van der Waals surface area contributed by atoms with Crippen LogP contribution in [0.4, 0.5) is 4.79 Å². The minimum absolute atomic E-state index is 0.181. The number of hydrogen-bond acceptors (Lipinski definition) is 3. The fourth-order valence-corrected chi connectivity index (χ4v) is 4.64. The molecule has 1 saturated carbocycles. The fourth-order valence-electron chi connectivity index (χ4n) is 3.91. The standard InChI is InChI=1S/C18H26N2O2S/c1-17(22,12-23-2)11-20-16(21)19-10-14-9-18(14)8-7-13-5-3-4-6-15(13)18/h3-6,14,22H,7-12H2,1-2H3,(H2,19,20,21)/t14-,17+,18-/m0/s1. The van der Waals surface area contributed by atoms with Crippen molar-refractivity contribution in [2.24, 2.45) is 5.92 Å². The second kappa shape index (κ2) is 6.36. The first-order valence-electron chi connectivity index (χ1n) is 8.28. The number of urea groups is 1. The molecule has 0 aliphatic heterocycles. The molecule has 23 heavy (non-hydrogen) atoms. The molecule has 0 radical (unpaired) electrons. The maximum atomic E-state index is 11.9. The molecule has 0 aromatic heterocycles. The Hall–Kier alpha value is -1.20. The highest BCUT2D eigenvalue weighted by molar-refractivity contribution is 7.98. The summed E-state index contributed by atoms with van der Waals surface area (Å²) in [4.78, 5) is 11.9. The van der Waals surface area contributed by atoms with E-state index in [0.717, 1.165) is 6.42 Å². The summed E-state index contributed by atoms with van der Waals surface area (Å²) in [5, 5.41) is 15.8. The summed E-state index contributed by atoms with van der Waals surface area (Å²) in [7, 11) is 0. The van der Waals surface area contributed by atoms with E-state index in [9.17, 15) is 9.90 Å². The summed E-state index contributed by atoms with van der Waals surface area (Å²) in [5.74, 6) is 1.15. The number of carbonyl (C=O) groups excluding carboxylic acids is 1. The van der Waals surface area contributed by atoms with Crippen LogP contribution in [0.3, 0.4) is 0 Å². The van der Waals surface area contributed by atoms with Gasteiger partial charge in [-0.2, -0.15) is 11.8 Å². The van der Waals surface area contributed by atoms with Gasteiger partial charge < -0.3 is 15.7 Å². The van der Waals surface area contributed by atoms with Gasteiger partial charge in [-0.15, -0.1) is 0 Å². The normalized spacial score (nSPS) is 27.3. The van der Waals surface area contributed by atoms with Crippen LogP contribution in [0, 0.1) is 5.92 Å². The van der Waals surface area contributed by atoms with E-state index in [1.165, 1.54) is 24.0 Å². The molecule has 1 aromatic rings. The molecule has 2 aliphatic carbocycles. The van der Waals surface area contributed by atoms with Crippen LogP contribution in [0.2, 0.25) is 0 Å². The molecular weight excluding hydrogens is 308 g/mol.